The number of halogens is 4. The highest BCUT2D eigenvalue weighted by Gasteiger charge is 2.19. The molecule has 35 heteroatoms. The van der Waals surface area contributed by atoms with Crippen molar-refractivity contribution in [2.24, 2.45) is 38.0 Å². The van der Waals surface area contributed by atoms with Gasteiger partial charge in [-0.2, -0.15) is 9.98 Å². The molecule has 5 aromatic rings. The number of ether oxygens (including phenoxy) is 8. The molecular weight excluding hydrogens is 1210 g/mol. The molecule has 478 valence electrons. The number of hydrogen-bond acceptors (Lipinski definition) is 18. The van der Waals surface area contributed by atoms with Gasteiger partial charge in [0.15, 0.2) is 46.7 Å². The Hall–Kier alpha value is -8.45. The molecule has 0 aliphatic carbocycles. The van der Waals surface area contributed by atoms with Gasteiger partial charge in [-0.05, 0) is 115 Å². The van der Waals surface area contributed by atoms with Crippen molar-refractivity contribution in [3.05, 3.63) is 141 Å². The lowest BCUT2D eigenvalue weighted by atomic mass is 10.1. The van der Waals surface area contributed by atoms with Crippen LogP contribution in [0.1, 0.15) is 30.7 Å². The molecule has 0 saturated heterocycles. The maximum absolute atomic E-state index is 14.6. The molecule has 0 fully saturated rings. The second-order valence-corrected chi connectivity index (χ2v) is 21.2. The van der Waals surface area contributed by atoms with Crippen LogP contribution in [-0.4, -0.2) is 160 Å². The van der Waals surface area contributed by atoms with Crippen LogP contribution in [0, 0.1) is 23.3 Å². The van der Waals surface area contributed by atoms with Gasteiger partial charge in [-0.1, -0.05) is 10.3 Å². The third kappa shape index (κ3) is 26.7. The summed E-state index contributed by atoms with van der Waals surface area (Å²) in [6.07, 6.45) is 4.03. The average molecular weight is 1280 g/mol. The topological polar surface area (TPSA) is 429 Å². The number of aliphatic imine (C=N–C) groups is 2. The number of nitrogens with one attached hydrogen (secondary N) is 2. The van der Waals surface area contributed by atoms with E-state index in [1.165, 1.54) is 74.5 Å². The molecule has 1 aromatic heterocycles. The first-order valence-corrected chi connectivity index (χ1v) is 29.1. The van der Waals surface area contributed by atoms with Gasteiger partial charge in [0.1, 0.15) is 17.2 Å². The predicted molar refractivity (Wildman–Crippen MR) is 310 cm³/mol. The summed E-state index contributed by atoms with van der Waals surface area (Å²) in [4.78, 5) is 32.7. The van der Waals surface area contributed by atoms with Gasteiger partial charge in [0, 0.05) is 35.7 Å². The van der Waals surface area contributed by atoms with E-state index in [2.05, 4.69) is 39.8 Å². The number of aliphatic hydroxyl groups is 1. The Morgan fingerprint density at radius 3 is 1.32 bits per heavy atom. The fourth-order valence-electron chi connectivity index (χ4n) is 6.74. The number of guanidine groups is 2. The Kier molecular flexibility index (Phi) is 31.1. The molecule has 0 unspecified atom stereocenters. The zero-order valence-corrected chi connectivity index (χ0v) is 49.2. The first kappa shape index (κ1) is 72.0. The van der Waals surface area contributed by atoms with Crippen LogP contribution < -0.4 is 41.9 Å². The van der Waals surface area contributed by atoms with Crippen molar-refractivity contribution < 1.29 is 87.0 Å². The van der Waals surface area contributed by atoms with Crippen LogP contribution in [0.2, 0.25) is 0 Å². The number of aromatic nitrogens is 3. The summed E-state index contributed by atoms with van der Waals surface area (Å²) >= 11 is 0. The largest absolute Gasteiger partial charge is 0.451 e. The van der Waals surface area contributed by atoms with Crippen molar-refractivity contribution in [2.75, 3.05) is 98.9 Å². The van der Waals surface area contributed by atoms with Crippen LogP contribution in [0.15, 0.2) is 115 Å². The summed E-state index contributed by atoms with van der Waals surface area (Å²) in [6.45, 7) is 6.67. The minimum absolute atomic E-state index is 0.00176. The van der Waals surface area contributed by atoms with Gasteiger partial charge in [0.2, 0.25) is 20.0 Å². The SMILES string of the molecule is C/C(=C\c1cc(F)c(Oc2ccc(S(=O)(=O)NCCOCCOCCOCCN=[N+]=[N-])cc2)c(F)c1)C(=O)N=C(N)N.C/C(=C\c1cc(F)c(Oc2ccc(S(=O)(=O)NCCOCCOCCOCCn3cc(CO)nn3)cc2)c(F)c1)C(=O)N=C(N)N. The van der Waals surface area contributed by atoms with Crippen molar-refractivity contribution in [3.63, 3.8) is 0 Å². The molecule has 11 N–H and O–H groups in total. The number of hydrogen-bond donors (Lipinski definition) is 7. The second kappa shape index (κ2) is 38.0. The fourth-order valence-corrected chi connectivity index (χ4v) is 8.77. The average Bonchev–Trinajstić information content (AvgIpc) is 1.58. The van der Waals surface area contributed by atoms with Gasteiger partial charge in [-0.15, -0.1) is 5.10 Å². The van der Waals surface area contributed by atoms with Gasteiger partial charge in [-0.3, -0.25) is 9.59 Å². The lowest BCUT2D eigenvalue weighted by Gasteiger charge is -2.11. The van der Waals surface area contributed by atoms with Crippen molar-refractivity contribution in [2.45, 2.75) is 36.8 Å². The van der Waals surface area contributed by atoms with Gasteiger partial charge in [0.05, 0.1) is 108 Å². The highest BCUT2D eigenvalue weighted by molar-refractivity contribution is 7.89. The number of benzene rings is 4. The van der Waals surface area contributed by atoms with E-state index in [-0.39, 0.29) is 103 Å². The van der Waals surface area contributed by atoms with Crippen LogP contribution in [0.4, 0.5) is 17.6 Å². The third-order valence-corrected chi connectivity index (χ3v) is 13.8. The quantitative estimate of drug-likeness (QED) is 0.00436. The normalized spacial score (nSPS) is 11.7. The molecule has 0 bridgehead atoms. The Labute approximate surface area is 503 Å². The minimum atomic E-state index is -3.89. The monoisotopic (exact) mass is 1280 g/mol. The maximum Gasteiger partial charge on any atom is 0.275 e. The number of nitrogens with zero attached hydrogens (tertiary/aromatic N) is 8. The molecule has 0 aliphatic rings. The molecule has 2 amide bonds. The summed E-state index contributed by atoms with van der Waals surface area (Å²) in [6, 6.07) is 13.7. The van der Waals surface area contributed by atoms with Crippen molar-refractivity contribution in [1.29, 1.82) is 0 Å². The van der Waals surface area contributed by atoms with Crippen LogP contribution in [0.3, 0.4) is 0 Å². The Bertz CT molecular complexity index is 3430. The molecule has 0 aliphatic heterocycles. The van der Waals surface area contributed by atoms with E-state index in [9.17, 15) is 44.0 Å². The second-order valence-electron chi connectivity index (χ2n) is 17.7. The highest BCUT2D eigenvalue weighted by atomic mass is 32.2. The standard InChI is InChI=1S/C28H35F2N7O8S.C25H31F2N7O7S/c1-19(27(39)34-28(31)32)14-20-15-24(29)26(25(30)16-20)45-22-2-4-23(5-3-22)46(40,41)33-6-8-42-10-12-44-13-11-43-9-7-37-17-21(18-38)35-36-37;1-17(24(35)33-25(28)29)14-18-15-21(26)23(22(27)16-18)41-19-2-4-20(5-3-19)42(36,37)32-7-9-39-11-13-40-12-10-38-8-6-31-34-30/h2-5,14-17,33,38H,6-13,18H2,1H3,(H4,31,32,34,39);2-5,14-16,32H,6-13H2,1H3,(H4,28,29,33,35)/b19-14+;17-14+. The third-order valence-electron chi connectivity index (χ3n) is 10.8. The van der Waals surface area contributed by atoms with E-state index in [1.54, 1.807) is 10.9 Å². The lowest BCUT2D eigenvalue weighted by Crippen LogP contribution is -2.27. The minimum Gasteiger partial charge on any atom is -0.451 e. The Morgan fingerprint density at radius 2 is 0.966 bits per heavy atom. The van der Waals surface area contributed by atoms with Gasteiger partial charge in [-0.25, -0.2) is 48.5 Å². The van der Waals surface area contributed by atoms with Gasteiger partial charge >= 0.3 is 0 Å². The van der Waals surface area contributed by atoms with E-state index < -0.39 is 78.5 Å². The Balaban J connectivity index is 0.000000378. The molecular formula is C53H66F4N14O15S2. The molecule has 0 atom stereocenters. The molecule has 88 heavy (non-hydrogen) atoms. The van der Waals surface area contributed by atoms with E-state index in [4.69, 9.17) is 71.5 Å². The number of carbonyl (C=O) groups is 2. The summed E-state index contributed by atoms with van der Waals surface area (Å²) in [5, 5.41) is 19.9. The van der Waals surface area contributed by atoms with Crippen molar-refractivity contribution >= 4 is 55.9 Å². The number of azide groups is 1. The summed E-state index contributed by atoms with van der Waals surface area (Å²) in [5.74, 6) is -8.10. The number of carbonyl (C=O) groups excluding carboxylic acids is 2. The summed E-state index contributed by atoms with van der Waals surface area (Å²) in [5.41, 5.74) is 29.4. The maximum atomic E-state index is 14.6. The predicted octanol–water partition coefficient (Wildman–Crippen LogP) is 3.67. The highest BCUT2D eigenvalue weighted by Crippen LogP contribution is 2.32. The van der Waals surface area contributed by atoms with E-state index in [0.29, 0.717) is 58.5 Å². The molecule has 0 spiro atoms. The van der Waals surface area contributed by atoms with E-state index in [1.807, 2.05) is 0 Å². The molecule has 5 rings (SSSR count). The molecule has 29 nitrogen and oxygen atoms in total. The van der Waals surface area contributed by atoms with Crippen molar-refractivity contribution in [3.8, 4) is 23.0 Å². The van der Waals surface area contributed by atoms with Crippen LogP contribution in [0.5, 0.6) is 23.0 Å². The van der Waals surface area contributed by atoms with E-state index >= 15 is 0 Å². The van der Waals surface area contributed by atoms with Crippen LogP contribution in [0.25, 0.3) is 22.6 Å². The zero-order valence-electron chi connectivity index (χ0n) is 47.6. The first-order valence-electron chi connectivity index (χ1n) is 26.2. The van der Waals surface area contributed by atoms with E-state index in [0.717, 1.165) is 24.3 Å². The number of rotatable bonds is 37. The smallest absolute Gasteiger partial charge is 0.275 e. The molecule has 4 aromatic carbocycles. The van der Waals surface area contributed by atoms with Gasteiger partial charge in [0.25, 0.3) is 11.8 Å². The number of sulfonamides is 2. The van der Waals surface area contributed by atoms with Crippen LogP contribution >= 0.6 is 0 Å². The van der Waals surface area contributed by atoms with Crippen LogP contribution in [-0.2, 0) is 71.2 Å². The summed E-state index contributed by atoms with van der Waals surface area (Å²) in [7, 11) is -7.77. The number of aliphatic hydroxyl groups excluding tert-OH is 1. The number of amides is 2. The molecule has 0 radical (unpaired) electrons. The number of nitrogens with two attached hydrogens (primary N) is 4. The summed E-state index contributed by atoms with van der Waals surface area (Å²) < 4.78 is 157. The Morgan fingerprint density at radius 1 is 0.602 bits per heavy atom. The zero-order chi connectivity index (χ0) is 64.5. The molecule has 0 saturated carbocycles. The van der Waals surface area contributed by atoms with Crippen molar-refractivity contribution in [1.82, 2.24) is 24.4 Å². The first-order chi connectivity index (χ1) is 42.0. The fraction of sp³-hybridized carbons (Fsp3) is 0.358. The lowest BCUT2D eigenvalue weighted by molar-refractivity contribution is -0.115. The van der Waals surface area contributed by atoms with Gasteiger partial charge < -0.3 is 65.9 Å². The molecule has 1 heterocycles.